The van der Waals surface area contributed by atoms with Gasteiger partial charge in [0.15, 0.2) is 0 Å². The monoisotopic (exact) mass is 376 g/mol. The highest BCUT2D eigenvalue weighted by Crippen LogP contribution is 2.49. The number of hydrogen-bond donors (Lipinski definition) is 2. The van der Waals surface area contributed by atoms with E-state index in [9.17, 15) is 14.7 Å². The van der Waals surface area contributed by atoms with Crippen molar-refractivity contribution < 1.29 is 14.7 Å². The standard InChI is InChI=1S/C20H25ClN2O3/c21-15-4-2-14(3-5-15)20(6-1-7-20)18(26)23-13-19(8-10-22-11-9-19)12-16(23)17(24)25/h2-5,16,22H,1,6-13H2,(H,24,25)/t16-/m1/s1. The molecule has 1 spiro atoms. The number of amides is 1. The van der Waals surface area contributed by atoms with E-state index in [1.54, 1.807) is 4.90 Å². The van der Waals surface area contributed by atoms with Crippen molar-refractivity contribution in [2.24, 2.45) is 5.41 Å². The number of nitrogens with zero attached hydrogens (tertiary/aromatic N) is 1. The van der Waals surface area contributed by atoms with Crippen LogP contribution in [0.4, 0.5) is 0 Å². The van der Waals surface area contributed by atoms with Crippen molar-refractivity contribution >= 4 is 23.5 Å². The summed E-state index contributed by atoms with van der Waals surface area (Å²) in [6.45, 7) is 2.37. The van der Waals surface area contributed by atoms with Gasteiger partial charge >= 0.3 is 5.97 Å². The average Bonchev–Trinajstić information content (AvgIpc) is 2.95. The lowest BCUT2D eigenvalue weighted by atomic mass is 9.63. The topological polar surface area (TPSA) is 69.6 Å². The quantitative estimate of drug-likeness (QED) is 0.851. The summed E-state index contributed by atoms with van der Waals surface area (Å²) in [5, 5.41) is 13.8. The molecular formula is C20H25ClN2O3. The second-order valence-corrected chi connectivity index (χ2v) is 8.62. The van der Waals surface area contributed by atoms with E-state index < -0.39 is 17.4 Å². The molecule has 0 aromatic heterocycles. The first-order chi connectivity index (χ1) is 12.5. The lowest BCUT2D eigenvalue weighted by molar-refractivity contribution is -0.152. The zero-order valence-electron chi connectivity index (χ0n) is 14.8. The summed E-state index contributed by atoms with van der Waals surface area (Å²) < 4.78 is 0. The van der Waals surface area contributed by atoms with Crippen LogP contribution < -0.4 is 5.32 Å². The third-order valence-corrected chi connectivity index (χ3v) is 6.98. The Morgan fingerprint density at radius 1 is 1.12 bits per heavy atom. The second kappa shape index (κ2) is 6.54. The highest BCUT2D eigenvalue weighted by atomic mass is 35.5. The highest BCUT2D eigenvalue weighted by Gasteiger charge is 2.55. The molecule has 2 saturated heterocycles. The Balaban J connectivity index is 1.64. The molecule has 3 fully saturated rings. The van der Waals surface area contributed by atoms with E-state index in [2.05, 4.69) is 5.32 Å². The smallest absolute Gasteiger partial charge is 0.326 e. The van der Waals surface area contributed by atoms with Gasteiger partial charge in [-0.3, -0.25) is 4.79 Å². The Labute approximate surface area is 158 Å². The van der Waals surface area contributed by atoms with Gasteiger partial charge in [0.1, 0.15) is 6.04 Å². The van der Waals surface area contributed by atoms with Gasteiger partial charge in [0.2, 0.25) is 5.91 Å². The molecule has 1 aromatic rings. The van der Waals surface area contributed by atoms with Gasteiger partial charge in [-0.05, 0) is 68.3 Å². The fourth-order valence-electron chi connectivity index (χ4n) is 5.01. The molecule has 26 heavy (non-hydrogen) atoms. The zero-order chi connectivity index (χ0) is 18.4. The van der Waals surface area contributed by atoms with Gasteiger partial charge in [-0.25, -0.2) is 4.79 Å². The summed E-state index contributed by atoms with van der Waals surface area (Å²) >= 11 is 6.01. The van der Waals surface area contributed by atoms with E-state index in [-0.39, 0.29) is 11.3 Å². The number of likely N-dealkylation sites (tertiary alicyclic amines) is 1. The third kappa shape index (κ3) is 2.81. The Hall–Kier alpha value is -1.59. The predicted molar refractivity (Wildman–Crippen MR) is 99.3 cm³/mol. The van der Waals surface area contributed by atoms with E-state index in [1.165, 1.54) is 0 Å². The maximum atomic E-state index is 13.6. The van der Waals surface area contributed by atoms with Crippen molar-refractivity contribution in [2.45, 2.75) is 50.0 Å². The molecule has 2 N–H and O–H groups in total. The fourth-order valence-corrected chi connectivity index (χ4v) is 5.14. The van der Waals surface area contributed by atoms with Crippen molar-refractivity contribution in [2.75, 3.05) is 19.6 Å². The van der Waals surface area contributed by atoms with Crippen LogP contribution in [0.1, 0.15) is 44.1 Å². The Bertz CT molecular complexity index is 708. The predicted octanol–water partition coefficient (Wildman–Crippen LogP) is 2.82. The molecule has 5 nitrogen and oxygen atoms in total. The van der Waals surface area contributed by atoms with Crippen LogP contribution in [-0.4, -0.2) is 47.6 Å². The van der Waals surface area contributed by atoms with E-state index in [4.69, 9.17) is 11.6 Å². The molecule has 0 bridgehead atoms. The first-order valence-electron chi connectivity index (χ1n) is 9.47. The maximum Gasteiger partial charge on any atom is 0.326 e. The molecular weight excluding hydrogens is 352 g/mol. The van der Waals surface area contributed by atoms with Gasteiger partial charge in [-0.1, -0.05) is 30.2 Å². The molecule has 2 aliphatic heterocycles. The minimum atomic E-state index is -0.876. The van der Waals surface area contributed by atoms with E-state index in [1.807, 2.05) is 24.3 Å². The van der Waals surface area contributed by atoms with Crippen molar-refractivity contribution in [1.82, 2.24) is 10.2 Å². The second-order valence-electron chi connectivity index (χ2n) is 8.18. The molecule has 6 heteroatoms. The fraction of sp³-hybridized carbons (Fsp3) is 0.600. The lowest BCUT2D eigenvalue weighted by Gasteiger charge is -2.44. The molecule has 0 unspecified atom stereocenters. The molecule has 0 radical (unpaired) electrons. The van der Waals surface area contributed by atoms with Crippen LogP contribution in [0.3, 0.4) is 0 Å². The number of carboxylic acids is 1. The average molecular weight is 377 g/mol. The number of rotatable bonds is 3. The summed E-state index contributed by atoms with van der Waals surface area (Å²) in [5.74, 6) is -0.881. The minimum absolute atomic E-state index is 0.00567. The molecule has 1 amide bonds. The van der Waals surface area contributed by atoms with Crippen LogP contribution >= 0.6 is 11.6 Å². The zero-order valence-corrected chi connectivity index (χ0v) is 15.6. The van der Waals surface area contributed by atoms with Gasteiger partial charge < -0.3 is 15.3 Å². The number of hydrogen-bond acceptors (Lipinski definition) is 3. The van der Waals surface area contributed by atoms with Crippen LogP contribution in [0.25, 0.3) is 0 Å². The molecule has 1 saturated carbocycles. The van der Waals surface area contributed by atoms with Crippen molar-refractivity contribution in [3.05, 3.63) is 34.9 Å². The lowest BCUT2D eigenvalue weighted by Crippen LogP contribution is -2.54. The number of carboxylic acid groups (broad SMARTS) is 1. The summed E-state index contributed by atoms with van der Waals surface area (Å²) in [7, 11) is 0. The summed E-state index contributed by atoms with van der Waals surface area (Å²) in [6, 6.07) is 6.77. The van der Waals surface area contributed by atoms with Crippen molar-refractivity contribution in [1.29, 1.82) is 0 Å². The number of nitrogens with one attached hydrogen (secondary N) is 1. The maximum absolute atomic E-state index is 13.6. The van der Waals surface area contributed by atoms with Crippen LogP contribution in [0, 0.1) is 5.41 Å². The van der Waals surface area contributed by atoms with Crippen LogP contribution in [0.5, 0.6) is 0 Å². The van der Waals surface area contributed by atoms with Crippen molar-refractivity contribution in [3.63, 3.8) is 0 Å². The molecule has 3 aliphatic rings. The molecule has 4 rings (SSSR count). The van der Waals surface area contributed by atoms with Crippen LogP contribution in [0.15, 0.2) is 24.3 Å². The van der Waals surface area contributed by atoms with Crippen LogP contribution in [-0.2, 0) is 15.0 Å². The van der Waals surface area contributed by atoms with E-state index >= 15 is 0 Å². The highest BCUT2D eigenvalue weighted by molar-refractivity contribution is 6.30. The van der Waals surface area contributed by atoms with Gasteiger partial charge in [-0.2, -0.15) is 0 Å². The number of carbonyl (C=O) groups is 2. The van der Waals surface area contributed by atoms with E-state index in [0.29, 0.717) is 18.0 Å². The minimum Gasteiger partial charge on any atom is -0.480 e. The first kappa shape index (κ1) is 17.8. The van der Waals surface area contributed by atoms with Gasteiger partial charge in [0, 0.05) is 11.6 Å². The van der Waals surface area contributed by atoms with Gasteiger partial charge in [0.05, 0.1) is 5.41 Å². The number of piperidine rings is 1. The summed E-state index contributed by atoms with van der Waals surface area (Å²) in [6.07, 6.45) is 5.01. The molecule has 2 heterocycles. The summed E-state index contributed by atoms with van der Waals surface area (Å²) in [5.41, 5.74) is 0.347. The Morgan fingerprint density at radius 3 is 2.31 bits per heavy atom. The Morgan fingerprint density at radius 2 is 1.77 bits per heavy atom. The largest absolute Gasteiger partial charge is 0.480 e. The SMILES string of the molecule is O=C(O)[C@H]1CC2(CCNCC2)CN1C(=O)C1(c2ccc(Cl)cc2)CCC1. The number of carbonyl (C=O) groups excluding carboxylic acids is 1. The Kier molecular flexibility index (Phi) is 4.48. The first-order valence-corrected chi connectivity index (χ1v) is 9.84. The molecule has 1 aliphatic carbocycles. The molecule has 1 atom stereocenters. The molecule has 140 valence electrons. The van der Waals surface area contributed by atoms with Gasteiger partial charge in [-0.15, -0.1) is 0 Å². The molecule has 1 aromatic carbocycles. The summed E-state index contributed by atoms with van der Waals surface area (Å²) in [4.78, 5) is 27.2. The third-order valence-electron chi connectivity index (χ3n) is 6.73. The number of aliphatic carboxylic acids is 1. The van der Waals surface area contributed by atoms with Crippen molar-refractivity contribution in [3.8, 4) is 0 Å². The van der Waals surface area contributed by atoms with E-state index in [0.717, 1.165) is 50.8 Å². The van der Waals surface area contributed by atoms with Crippen LogP contribution in [0.2, 0.25) is 5.02 Å². The number of benzene rings is 1. The normalized spacial score (nSPS) is 26.5. The van der Waals surface area contributed by atoms with Gasteiger partial charge in [0.25, 0.3) is 0 Å². The number of halogens is 1.